The third-order valence-electron chi connectivity index (χ3n) is 3.03. The van der Waals surface area contributed by atoms with Crippen molar-refractivity contribution < 1.29 is 4.74 Å². The highest BCUT2D eigenvalue weighted by molar-refractivity contribution is 9.10. The molecule has 0 aliphatic rings. The first-order valence-corrected chi connectivity index (χ1v) is 8.10. The number of benzene rings is 1. The summed E-state index contributed by atoms with van der Waals surface area (Å²) in [5.74, 6) is 0.849. The first-order chi connectivity index (χ1) is 9.74. The quantitative estimate of drug-likeness (QED) is 0.824. The Morgan fingerprint density at radius 1 is 1.45 bits per heavy atom. The van der Waals surface area contributed by atoms with Gasteiger partial charge in [0.2, 0.25) is 0 Å². The number of halogens is 1. The molecule has 0 fully saturated rings. The zero-order valence-electron chi connectivity index (χ0n) is 11.6. The number of rotatable bonds is 7. The minimum Gasteiger partial charge on any atom is -0.496 e. The monoisotopic (exact) mass is 355 g/mol. The lowest BCUT2D eigenvalue weighted by atomic mass is 10.0. The van der Waals surface area contributed by atoms with Gasteiger partial charge in [0.1, 0.15) is 5.75 Å². The van der Waals surface area contributed by atoms with Gasteiger partial charge in [-0.15, -0.1) is 0 Å². The third kappa shape index (κ3) is 4.01. The smallest absolute Gasteiger partial charge is 0.133 e. The van der Waals surface area contributed by atoms with Gasteiger partial charge in [0, 0.05) is 0 Å². The molecule has 0 saturated heterocycles. The Labute approximate surface area is 132 Å². The van der Waals surface area contributed by atoms with E-state index in [1.807, 2.05) is 12.3 Å². The van der Waals surface area contributed by atoms with Gasteiger partial charge in [0.15, 0.2) is 0 Å². The third-order valence-corrected chi connectivity index (χ3v) is 4.14. The van der Waals surface area contributed by atoms with Crippen LogP contribution in [0.4, 0.5) is 0 Å². The highest BCUT2D eigenvalue weighted by Crippen LogP contribution is 2.27. The molecule has 2 aromatic rings. The minimum absolute atomic E-state index is 0.203. The van der Waals surface area contributed by atoms with E-state index < -0.39 is 0 Å². The molecule has 1 N–H and O–H groups in total. The fourth-order valence-corrected chi connectivity index (χ4v) is 3.06. The van der Waals surface area contributed by atoms with Crippen LogP contribution in [0.1, 0.15) is 30.6 Å². The summed E-state index contributed by atoms with van der Waals surface area (Å²) < 4.78 is 14.7. The lowest BCUT2D eigenvalue weighted by Crippen LogP contribution is -2.24. The molecule has 1 aromatic carbocycles. The lowest BCUT2D eigenvalue weighted by Gasteiger charge is -2.16. The summed E-state index contributed by atoms with van der Waals surface area (Å²) in [6, 6.07) is 6.37. The average Bonchev–Trinajstić information content (AvgIpc) is 2.97. The zero-order chi connectivity index (χ0) is 14.4. The molecular weight excluding hydrogens is 338 g/mol. The summed E-state index contributed by atoms with van der Waals surface area (Å²) >= 11 is 4.78. The molecule has 2 rings (SSSR count). The molecule has 0 bridgehead atoms. The molecular formula is C14H18BrN3OS. The van der Waals surface area contributed by atoms with Crippen molar-refractivity contribution >= 4 is 27.7 Å². The van der Waals surface area contributed by atoms with Crippen molar-refractivity contribution in [2.75, 3.05) is 13.7 Å². The van der Waals surface area contributed by atoms with Crippen LogP contribution in [0.3, 0.4) is 0 Å². The van der Waals surface area contributed by atoms with Crippen LogP contribution in [0.25, 0.3) is 0 Å². The van der Waals surface area contributed by atoms with E-state index in [9.17, 15) is 0 Å². The van der Waals surface area contributed by atoms with Crippen molar-refractivity contribution in [2.24, 2.45) is 0 Å². The molecule has 4 nitrogen and oxygen atoms in total. The van der Waals surface area contributed by atoms with Gasteiger partial charge in [-0.3, -0.25) is 0 Å². The van der Waals surface area contributed by atoms with Crippen LogP contribution in [0, 0.1) is 0 Å². The standard InChI is InChI=1S/C14H18BrN3OS/c1-3-6-16-12(13-9-17-20-18-13)8-10-4-5-14(19-2)11(15)7-10/h4-5,7,9,12,16H,3,6,8H2,1-2H3. The molecule has 1 heterocycles. The van der Waals surface area contributed by atoms with Crippen molar-refractivity contribution in [3.8, 4) is 5.75 Å². The zero-order valence-corrected chi connectivity index (χ0v) is 14.0. The van der Waals surface area contributed by atoms with E-state index in [-0.39, 0.29) is 6.04 Å². The van der Waals surface area contributed by atoms with Crippen LogP contribution in [-0.4, -0.2) is 22.4 Å². The summed E-state index contributed by atoms with van der Waals surface area (Å²) in [7, 11) is 1.67. The van der Waals surface area contributed by atoms with Gasteiger partial charge in [-0.05, 0) is 53.0 Å². The molecule has 0 spiro atoms. The van der Waals surface area contributed by atoms with Gasteiger partial charge in [0.25, 0.3) is 0 Å². The largest absolute Gasteiger partial charge is 0.496 e. The van der Waals surface area contributed by atoms with E-state index >= 15 is 0 Å². The Hall–Kier alpha value is -0.980. The first kappa shape index (κ1) is 15.4. The fourth-order valence-electron chi connectivity index (χ4n) is 2.00. The van der Waals surface area contributed by atoms with Crippen molar-refractivity contribution in [1.29, 1.82) is 0 Å². The van der Waals surface area contributed by atoms with Gasteiger partial charge in [0.05, 0.1) is 41.2 Å². The maximum absolute atomic E-state index is 5.26. The highest BCUT2D eigenvalue weighted by Gasteiger charge is 2.15. The molecule has 0 radical (unpaired) electrons. The second-order valence-electron chi connectivity index (χ2n) is 4.51. The highest BCUT2D eigenvalue weighted by atomic mass is 79.9. The van der Waals surface area contributed by atoms with Gasteiger partial charge in [-0.25, -0.2) is 0 Å². The van der Waals surface area contributed by atoms with E-state index in [1.54, 1.807) is 7.11 Å². The molecule has 1 atom stereocenters. The Kier molecular flexibility index (Phi) is 5.94. The van der Waals surface area contributed by atoms with Gasteiger partial charge in [-0.1, -0.05) is 13.0 Å². The van der Waals surface area contributed by atoms with Gasteiger partial charge in [-0.2, -0.15) is 8.75 Å². The van der Waals surface area contributed by atoms with E-state index in [0.717, 1.165) is 35.3 Å². The summed E-state index contributed by atoms with van der Waals surface area (Å²) in [5, 5.41) is 3.53. The second-order valence-corrected chi connectivity index (χ2v) is 5.92. The molecule has 6 heteroatoms. The summed E-state index contributed by atoms with van der Waals surface area (Å²) in [4.78, 5) is 0. The predicted octanol–water partition coefficient (Wildman–Crippen LogP) is 3.59. The number of hydrogen-bond donors (Lipinski definition) is 1. The molecule has 1 unspecified atom stereocenters. The van der Waals surface area contributed by atoms with E-state index in [0.29, 0.717) is 0 Å². The number of nitrogens with zero attached hydrogens (tertiary/aromatic N) is 2. The van der Waals surface area contributed by atoms with Crippen LogP contribution in [-0.2, 0) is 6.42 Å². The molecule has 0 aliphatic carbocycles. The first-order valence-electron chi connectivity index (χ1n) is 6.57. The van der Waals surface area contributed by atoms with Gasteiger partial charge >= 0.3 is 0 Å². The maximum atomic E-state index is 5.26. The van der Waals surface area contributed by atoms with Crippen molar-refractivity contribution in [1.82, 2.24) is 14.1 Å². The Bertz CT molecular complexity index is 533. The number of nitrogens with one attached hydrogen (secondary N) is 1. The van der Waals surface area contributed by atoms with Crippen LogP contribution in [0.2, 0.25) is 0 Å². The van der Waals surface area contributed by atoms with Crippen molar-refractivity contribution in [3.63, 3.8) is 0 Å². The number of aromatic nitrogens is 2. The van der Waals surface area contributed by atoms with E-state index in [2.05, 4.69) is 49.1 Å². The number of methoxy groups -OCH3 is 1. The van der Waals surface area contributed by atoms with E-state index in [1.165, 1.54) is 17.3 Å². The second kappa shape index (κ2) is 7.71. The topological polar surface area (TPSA) is 47.0 Å². The molecule has 108 valence electrons. The predicted molar refractivity (Wildman–Crippen MR) is 85.3 cm³/mol. The SMILES string of the molecule is CCCNC(Cc1ccc(OC)c(Br)c1)c1cnsn1. The fraction of sp³-hybridized carbons (Fsp3) is 0.429. The van der Waals surface area contributed by atoms with Crippen molar-refractivity contribution in [3.05, 3.63) is 40.1 Å². The minimum atomic E-state index is 0.203. The Morgan fingerprint density at radius 2 is 2.30 bits per heavy atom. The van der Waals surface area contributed by atoms with Crippen LogP contribution >= 0.6 is 27.7 Å². The molecule has 0 saturated carbocycles. The van der Waals surface area contributed by atoms with Crippen LogP contribution in [0.15, 0.2) is 28.9 Å². The molecule has 0 aliphatic heterocycles. The summed E-state index contributed by atoms with van der Waals surface area (Å²) in [6.45, 7) is 3.13. The number of ether oxygens (including phenoxy) is 1. The van der Waals surface area contributed by atoms with Crippen LogP contribution < -0.4 is 10.1 Å². The van der Waals surface area contributed by atoms with Crippen LogP contribution in [0.5, 0.6) is 5.75 Å². The Morgan fingerprint density at radius 3 is 2.90 bits per heavy atom. The summed E-state index contributed by atoms with van der Waals surface area (Å²) in [5.41, 5.74) is 2.25. The molecule has 20 heavy (non-hydrogen) atoms. The van der Waals surface area contributed by atoms with Gasteiger partial charge < -0.3 is 10.1 Å². The lowest BCUT2D eigenvalue weighted by molar-refractivity contribution is 0.412. The normalized spacial score (nSPS) is 12.3. The van der Waals surface area contributed by atoms with Crippen molar-refractivity contribution in [2.45, 2.75) is 25.8 Å². The summed E-state index contributed by atoms with van der Waals surface area (Å²) in [6.07, 6.45) is 3.82. The molecule has 0 amide bonds. The average molecular weight is 356 g/mol. The number of hydrogen-bond acceptors (Lipinski definition) is 5. The maximum Gasteiger partial charge on any atom is 0.133 e. The van der Waals surface area contributed by atoms with E-state index in [4.69, 9.17) is 4.74 Å². The molecule has 1 aromatic heterocycles. The Balaban J connectivity index is 2.13.